The van der Waals surface area contributed by atoms with Gasteiger partial charge in [-0.25, -0.2) is 0 Å². The van der Waals surface area contributed by atoms with Gasteiger partial charge in [0, 0.05) is 13.0 Å². The van der Waals surface area contributed by atoms with Gasteiger partial charge in [0.15, 0.2) is 0 Å². The third-order valence-corrected chi connectivity index (χ3v) is 1.40. The fourth-order valence-corrected chi connectivity index (χ4v) is 0.766. The maximum atomic E-state index is 9.79. The zero-order valence-corrected chi connectivity index (χ0v) is 4.80. The van der Waals surface area contributed by atoms with Crippen LogP contribution in [0.5, 0.6) is 0 Å². The molecule has 1 saturated heterocycles. The van der Waals surface area contributed by atoms with Crippen molar-refractivity contribution in [3.8, 4) is 0 Å². The van der Waals surface area contributed by atoms with Crippen LogP contribution in [0.1, 0.15) is 19.3 Å². The van der Waals surface area contributed by atoms with E-state index in [0.717, 1.165) is 25.7 Å². The van der Waals surface area contributed by atoms with Crippen LogP contribution in [0.3, 0.4) is 0 Å². The Morgan fingerprint density at radius 3 is 2.88 bits per heavy atom. The van der Waals surface area contributed by atoms with Crippen LogP contribution in [0.2, 0.25) is 0 Å². The summed E-state index contributed by atoms with van der Waals surface area (Å²) in [4.78, 5) is 9.79. The Labute approximate surface area is 48.8 Å². The summed E-state index contributed by atoms with van der Waals surface area (Å²) in [6.45, 7) is 0.892. The third-order valence-electron chi connectivity index (χ3n) is 1.40. The smallest absolute Gasteiger partial charge is 0.120 e. The fourth-order valence-electron chi connectivity index (χ4n) is 0.766. The number of carbonyl (C=O) groups excluding carboxylic acids is 1. The maximum absolute atomic E-state index is 9.79. The molecule has 2 heteroatoms. The van der Waals surface area contributed by atoms with Crippen molar-refractivity contribution in [3.63, 3.8) is 0 Å². The minimum Gasteiger partial charge on any atom is -0.378 e. The highest BCUT2D eigenvalue weighted by Crippen LogP contribution is 2.14. The molecule has 0 aliphatic carbocycles. The average Bonchev–Trinajstić information content (AvgIpc) is 1.63. The van der Waals surface area contributed by atoms with Gasteiger partial charge in [-0.3, -0.25) is 0 Å². The average molecular weight is 114 g/mol. The summed E-state index contributed by atoms with van der Waals surface area (Å²) in [5.74, 6) is 0. The summed E-state index contributed by atoms with van der Waals surface area (Å²) in [6, 6.07) is 0. The highest BCUT2D eigenvalue weighted by atomic mass is 16.5. The van der Waals surface area contributed by atoms with E-state index in [1.807, 2.05) is 0 Å². The van der Waals surface area contributed by atoms with Crippen LogP contribution in [0.15, 0.2) is 0 Å². The lowest BCUT2D eigenvalue weighted by Gasteiger charge is -2.25. The summed E-state index contributed by atoms with van der Waals surface area (Å²) < 4.78 is 5.07. The largest absolute Gasteiger partial charge is 0.378 e. The lowest BCUT2D eigenvalue weighted by atomic mass is 10.1. The van der Waals surface area contributed by atoms with Crippen molar-refractivity contribution in [2.24, 2.45) is 0 Å². The second-order valence-corrected chi connectivity index (χ2v) is 2.03. The van der Waals surface area contributed by atoms with Crippen LogP contribution in [-0.4, -0.2) is 19.0 Å². The first-order valence-electron chi connectivity index (χ1n) is 2.98. The second kappa shape index (κ2) is 2.82. The molecule has 1 fully saturated rings. The zero-order chi connectivity index (χ0) is 5.82. The van der Waals surface area contributed by atoms with E-state index >= 15 is 0 Å². The zero-order valence-electron chi connectivity index (χ0n) is 4.80. The number of rotatable bonds is 3. The molecule has 1 unspecified atom stereocenters. The number of aldehydes is 1. The van der Waals surface area contributed by atoms with Gasteiger partial charge in [0.2, 0.25) is 0 Å². The molecule has 8 heavy (non-hydrogen) atoms. The number of ether oxygens (including phenoxy) is 1. The molecule has 0 bridgehead atoms. The summed E-state index contributed by atoms with van der Waals surface area (Å²) in [5.41, 5.74) is 0. The van der Waals surface area contributed by atoms with E-state index in [1.54, 1.807) is 0 Å². The van der Waals surface area contributed by atoms with Crippen molar-refractivity contribution < 1.29 is 9.53 Å². The summed E-state index contributed by atoms with van der Waals surface area (Å²) in [7, 11) is 0. The predicted octanol–water partition coefficient (Wildman–Crippen LogP) is 0.754. The van der Waals surface area contributed by atoms with Crippen molar-refractivity contribution in [1.29, 1.82) is 0 Å². The van der Waals surface area contributed by atoms with E-state index in [4.69, 9.17) is 4.74 Å². The van der Waals surface area contributed by atoms with Gasteiger partial charge in [-0.15, -0.1) is 0 Å². The van der Waals surface area contributed by atoms with Crippen LogP contribution in [0, 0.1) is 0 Å². The number of hydrogen-bond acceptors (Lipinski definition) is 2. The van der Waals surface area contributed by atoms with Crippen LogP contribution < -0.4 is 0 Å². The van der Waals surface area contributed by atoms with E-state index < -0.39 is 0 Å². The highest BCUT2D eigenvalue weighted by molar-refractivity contribution is 5.49. The Morgan fingerprint density at radius 2 is 2.50 bits per heavy atom. The van der Waals surface area contributed by atoms with Crippen molar-refractivity contribution in [2.75, 3.05) is 6.61 Å². The molecular formula is C6H10O2. The van der Waals surface area contributed by atoms with Gasteiger partial charge in [-0.2, -0.15) is 0 Å². The first-order valence-corrected chi connectivity index (χ1v) is 2.98. The van der Waals surface area contributed by atoms with Gasteiger partial charge in [0.05, 0.1) is 6.10 Å². The molecule has 1 aliphatic heterocycles. The van der Waals surface area contributed by atoms with E-state index in [-0.39, 0.29) is 0 Å². The van der Waals surface area contributed by atoms with Crippen LogP contribution >= 0.6 is 0 Å². The first-order chi connectivity index (χ1) is 3.93. The Balaban J connectivity index is 1.93. The Hall–Kier alpha value is -0.370. The number of hydrogen-bond donors (Lipinski definition) is 0. The van der Waals surface area contributed by atoms with E-state index in [9.17, 15) is 4.79 Å². The van der Waals surface area contributed by atoms with Gasteiger partial charge in [0.25, 0.3) is 0 Å². The Morgan fingerprint density at radius 1 is 1.75 bits per heavy atom. The molecule has 46 valence electrons. The van der Waals surface area contributed by atoms with Gasteiger partial charge < -0.3 is 9.53 Å². The standard InChI is InChI=1S/C6H10O2/c7-4-1-2-6-3-5-8-6/h4,6H,1-3,5H2. The van der Waals surface area contributed by atoms with Gasteiger partial charge in [-0.1, -0.05) is 0 Å². The van der Waals surface area contributed by atoms with Gasteiger partial charge >= 0.3 is 0 Å². The summed E-state index contributed by atoms with van der Waals surface area (Å²) in [6.07, 6.45) is 4.07. The molecular weight excluding hydrogens is 104 g/mol. The maximum Gasteiger partial charge on any atom is 0.120 e. The van der Waals surface area contributed by atoms with Crippen molar-refractivity contribution in [2.45, 2.75) is 25.4 Å². The van der Waals surface area contributed by atoms with Crippen molar-refractivity contribution in [1.82, 2.24) is 0 Å². The predicted molar refractivity (Wildman–Crippen MR) is 29.7 cm³/mol. The van der Waals surface area contributed by atoms with E-state index in [1.165, 1.54) is 0 Å². The van der Waals surface area contributed by atoms with Crippen LogP contribution in [0.25, 0.3) is 0 Å². The molecule has 0 aromatic carbocycles. The van der Waals surface area contributed by atoms with Crippen molar-refractivity contribution >= 4 is 6.29 Å². The number of carbonyl (C=O) groups is 1. The molecule has 0 aromatic rings. The molecule has 0 radical (unpaired) electrons. The molecule has 1 rings (SSSR count). The monoisotopic (exact) mass is 114 g/mol. The fraction of sp³-hybridized carbons (Fsp3) is 0.833. The van der Waals surface area contributed by atoms with E-state index in [0.29, 0.717) is 12.5 Å². The molecule has 2 nitrogen and oxygen atoms in total. The lowest BCUT2D eigenvalue weighted by molar-refractivity contribution is -0.110. The van der Waals surface area contributed by atoms with Crippen molar-refractivity contribution in [3.05, 3.63) is 0 Å². The third kappa shape index (κ3) is 1.30. The minimum absolute atomic E-state index is 0.403. The normalized spacial score (nSPS) is 26.8. The molecule has 1 heterocycles. The summed E-state index contributed by atoms with van der Waals surface area (Å²) in [5, 5.41) is 0. The lowest BCUT2D eigenvalue weighted by Crippen LogP contribution is -2.26. The van der Waals surface area contributed by atoms with Gasteiger partial charge in [0.1, 0.15) is 6.29 Å². The SMILES string of the molecule is O=CCCC1CCO1. The quantitative estimate of drug-likeness (QED) is 0.506. The topological polar surface area (TPSA) is 26.3 Å². The molecule has 0 spiro atoms. The Kier molecular flexibility index (Phi) is 2.03. The van der Waals surface area contributed by atoms with Crippen LogP contribution in [0.4, 0.5) is 0 Å². The molecule has 1 atom stereocenters. The first kappa shape index (κ1) is 5.76. The minimum atomic E-state index is 0.403. The van der Waals surface area contributed by atoms with Crippen LogP contribution in [-0.2, 0) is 9.53 Å². The summed E-state index contributed by atoms with van der Waals surface area (Å²) >= 11 is 0. The molecule has 0 aromatic heterocycles. The van der Waals surface area contributed by atoms with Gasteiger partial charge in [-0.05, 0) is 12.8 Å². The molecule has 1 aliphatic rings. The second-order valence-electron chi connectivity index (χ2n) is 2.03. The molecule has 0 N–H and O–H groups in total. The van der Waals surface area contributed by atoms with E-state index in [2.05, 4.69) is 0 Å². The highest BCUT2D eigenvalue weighted by Gasteiger charge is 2.16. The molecule has 0 saturated carbocycles. The molecule has 0 amide bonds. The Bertz CT molecular complexity index is 76.6.